The first kappa shape index (κ1) is 20.5. The van der Waals surface area contributed by atoms with Crippen LogP contribution < -0.4 is 14.7 Å². The molecule has 162 valence electrons. The predicted octanol–water partition coefficient (Wildman–Crippen LogP) is 4.21. The Morgan fingerprint density at radius 2 is 1.66 bits per heavy atom. The van der Waals surface area contributed by atoms with Gasteiger partial charge in [-0.2, -0.15) is 0 Å². The van der Waals surface area contributed by atoms with Gasteiger partial charge in [-0.1, -0.05) is 40.2 Å². The molecule has 2 aliphatic heterocycles. The highest BCUT2D eigenvalue weighted by Crippen LogP contribution is 2.48. The summed E-state index contributed by atoms with van der Waals surface area (Å²) in [6, 6.07) is 20.6. The third-order valence-electron chi connectivity index (χ3n) is 5.76. The van der Waals surface area contributed by atoms with Crippen molar-refractivity contribution in [2.75, 3.05) is 17.1 Å². The maximum absolute atomic E-state index is 13.6. The number of amides is 2. The summed E-state index contributed by atoms with van der Waals surface area (Å²) in [5, 5.41) is 11.7. The molecule has 2 fully saturated rings. The number of carbonyl (C=O) groups is 2. The van der Waals surface area contributed by atoms with Gasteiger partial charge in [-0.3, -0.25) is 14.4 Å². The van der Waals surface area contributed by atoms with Crippen LogP contribution >= 0.6 is 15.9 Å². The number of benzene rings is 3. The van der Waals surface area contributed by atoms with Crippen LogP contribution in [0.25, 0.3) is 0 Å². The quantitative estimate of drug-likeness (QED) is 0.547. The van der Waals surface area contributed by atoms with Gasteiger partial charge in [0, 0.05) is 4.47 Å². The molecule has 2 amide bonds. The largest absolute Gasteiger partial charge is 0.504 e. The molecule has 3 aromatic carbocycles. The van der Waals surface area contributed by atoms with Crippen molar-refractivity contribution in [3.8, 4) is 11.5 Å². The zero-order valence-corrected chi connectivity index (χ0v) is 18.6. The molecule has 1 N–H and O–H groups in total. The lowest BCUT2D eigenvalue weighted by atomic mass is 9.90. The fourth-order valence-corrected chi connectivity index (χ4v) is 4.54. The molecule has 0 radical (unpaired) electrons. The molecule has 2 saturated heterocycles. The fraction of sp³-hybridized carbons (Fsp3) is 0.167. The monoisotopic (exact) mass is 494 g/mol. The lowest BCUT2D eigenvalue weighted by Crippen LogP contribution is -2.37. The molecule has 2 heterocycles. The molecule has 0 saturated carbocycles. The van der Waals surface area contributed by atoms with E-state index in [0.717, 1.165) is 10.2 Å². The fourth-order valence-electron chi connectivity index (χ4n) is 4.28. The zero-order chi connectivity index (χ0) is 22.4. The number of hydroxylamine groups is 1. The number of imide groups is 1. The highest BCUT2D eigenvalue weighted by Gasteiger charge is 2.60. The standard InChI is InChI=1S/C24H19BrN2O5/c1-31-19-13-14(7-12-18(19)28)21-20-22(32-27(21)17-5-3-2-4-6-17)24(30)26(23(20)29)16-10-8-15(25)9-11-16/h2-13,20-22,28H,1H3. The molecule has 3 atom stereocenters. The Labute approximate surface area is 192 Å². The van der Waals surface area contributed by atoms with Crippen LogP contribution in [0.15, 0.2) is 77.3 Å². The second-order valence-corrected chi connectivity index (χ2v) is 8.49. The number of phenolic OH excluding ortho intramolecular Hbond substituents is 1. The minimum Gasteiger partial charge on any atom is -0.504 e. The van der Waals surface area contributed by atoms with Crippen LogP contribution in [0.1, 0.15) is 11.6 Å². The first-order valence-electron chi connectivity index (χ1n) is 10.0. The summed E-state index contributed by atoms with van der Waals surface area (Å²) in [5.41, 5.74) is 1.90. The summed E-state index contributed by atoms with van der Waals surface area (Å²) in [7, 11) is 1.46. The summed E-state index contributed by atoms with van der Waals surface area (Å²) in [4.78, 5) is 34.2. The number of hydrogen-bond acceptors (Lipinski definition) is 6. The van der Waals surface area contributed by atoms with Gasteiger partial charge in [0.05, 0.1) is 24.5 Å². The number of aromatic hydroxyl groups is 1. The van der Waals surface area contributed by atoms with E-state index in [2.05, 4.69) is 15.9 Å². The van der Waals surface area contributed by atoms with Gasteiger partial charge in [-0.15, -0.1) is 0 Å². The number of para-hydroxylation sites is 1. The molecule has 5 rings (SSSR count). The summed E-state index contributed by atoms with van der Waals surface area (Å²) in [6.07, 6.45) is -0.962. The average molecular weight is 495 g/mol. The van der Waals surface area contributed by atoms with E-state index in [1.807, 2.05) is 30.3 Å². The second kappa shape index (κ2) is 7.96. The van der Waals surface area contributed by atoms with E-state index in [1.165, 1.54) is 18.1 Å². The number of anilines is 2. The van der Waals surface area contributed by atoms with E-state index in [-0.39, 0.29) is 17.4 Å². The van der Waals surface area contributed by atoms with Crippen molar-refractivity contribution in [3.05, 3.63) is 82.8 Å². The number of methoxy groups -OCH3 is 1. The number of phenols is 1. The van der Waals surface area contributed by atoms with Crippen molar-refractivity contribution >= 4 is 39.1 Å². The van der Waals surface area contributed by atoms with Crippen molar-refractivity contribution in [2.24, 2.45) is 5.92 Å². The smallest absolute Gasteiger partial charge is 0.266 e. The Morgan fingerprint density at radius 3 is 2.34 bits per heavy atom. The lowest BCUT2D eigenvalue weighted by molar-refractivity contribution is -0.126. The highest BCUT2D eigenvalue weighted by molar-refractivity contribution is 9.10. The first-order valence-corrected chi connectivity index (χ1v) is 10.8. The number of rotatable bonds is 4. The Bertz CT molecular complexity index is 1180. The van der Waals surface area contributed by atoms with Gasteiger partial charge in [-0.25, -0.2) is 9.96 Å². The van der Waals surface area contributed by atoms with Crippen molar-refractivity contribution in [2.45, 2.75) is 12.1 Å². The lowest BCUT2D eigenvalue weighted by Gasteiger charge is -2.29. The average Bonchev–Trinajstić information content (AvgIpc) is 3.32. The van der Waals surface area contributed by atoms with E-state index in [0.29, 0.717) is 11.3 Å². The topological polar surface area (TPSA) is 79.3 Å². The van der Waals surface area contributed by atoms with Crippen molar-refractivity contribution in [1.82, 2.24) is 0 Å². The first-order chi connectivity index (χ1) is 15.5. The summed E-state index contributed by atoms with van der Waals surface area (Å²) >= 11 is 3.37. The van der Waals surface area contributed by atoms with Gasteiger partial charge >= 0.3 is 0 Å². The highest BCUT2D eigenvalue weighted by atomic mass is 79.9. The molecule has 7 nitrogen and oxygen atoms in total. The minimum atomic E-state index is -0.962. The number of halogens is 1. The molecule has 0 aromatic heterocycles. The summed E-state index contributed by atoms with van der Waals surface area (Å²) < 4.78 is 6.12. The molecule has 0 bridgehead atoms. The Kier molecular flexibility index (Phi) is 5.11. The van der Waals surface area contributed by atoms with Crippen LogP contribution in [0, 0.1) is 5.92 Å². The van der Waals surface area contributed by atoms with E-state index in [9.17, 15) is 14.7 Å². The van der Waals surface area contributed by atoms with Crippen LogP contribution in [-0.2, 0) is 14.4 Å². The maximum atomic E-state index is 13.6. The Morgan fingerprint density at radius 1 is 0.938 bits per heavy atom. The predicted molar refractivity (Wildman–Crippen MR) is 121 cm³/mol. The molecular weight excluding hydrogens is 476 g/mol. The van der Waals surface area contributed by atoms with Gasteiger partial charge in [0.2, 0.25) is 5.91 Å². The number of ether oxygens (including phenoxy) is 1. The SMILES string of the molecule is COc1cc(C2C3C(=O)N(c4ccc(Br)cc4)C(=O)C3ON2c2ccccc2)ccc1O. The van der Waals surface area contributed by atoms with E-state index in [4.69, 9.17) is 9.57 Å². The van der Waals surface area contributed by atoms with Gasteiger partial charge in [-0.05, 0) is 54.1 Å². The van der Waals surface area contributed by atoms with Crippen molar-refractivity contribution < 1.29 is 24.3 Å². The Balaban J connectivity index is 1.60. The molecule has 0 spiro atoms. The minimum absolute atomic E-state index is 0.0108. The molecule has 3 aromatic rings. The van der Waals surface area contributed by atoms with Crippen LogP contribution in [0.2, 0.25) is 0 Å². The van der Waals surface area contributed by atoms with E-state index >= 15 is 0 Å². The number of hydrogen-bond donors (Lipinski definition) is 1. The van der Waals surface area contributed by atoms with E-state index < -0.39 is 24.0 Å². The van der Waals surface area contributed by atoms with Gasteiger partial charge in [0.1, 0.15) is 5.92 Å². The van der Waals surface area contributed by atoms with Crippen molar-refractivity contribution in [3.63, 3.8) is 0 Å². The van der Waals surface area contributed by atoms with Crippen LogP contribution in [0.4, 0.5) is 11.4 Å². The van der Waals surface area contributed by atoms with Crippen molar-refractivity contribution in [1.29, 1.82) is 0 Å². The van der Waals surface area contributed by atoms with Gasteiger partial charge in [0.15, 0.2) is 17.6 Å². The Hall–Kier alpha value is -3.36. The molecular formula is C24H19BrN2O5. The summed E-state index contributed by atoms with van der Waals surface area (Å²) in [6.45, 7) is 0. The molecule has 32 heavy (non-hydrogen) atoms. The number of carbonyl (C=O) groups excluding carboxylic acids is 2. The second-order valence-electron chi connectivity index (χ2n) is 7.58. The van der Waals surface area contributed by atoms with Crippen LogP contribution in [-0.4, -0.2) is 30.1 Å². The van der Waals surface area contributed by atoms with Crippen LogP contribution in [0.3, 0.4) is 0 Å². The molecule has 2 aliphatic rings. The third-order valence-corrected chi connectivity index (χ3v) is 6.28. The van der Waals surface area contributed by atoms with Gasteiger partial charge in [0.25, 0.3) is 5.91 Å². The maximum Gasteiger partial charge on any atom is 0.266 e. The van der Waals surface area contributed by atoms with Crippen LogP contribution in [0.5, 0.6) is 11.5 Å². The van der Waals surface area contributed by atoms with E-state index in [1.54, 1.807) is 41.5 Å². The molecule has 3 unspecified atom stereocenters. The number of nitrogens with zero attached hydrogens (tertiary/aromatic N) is 2. The molecule has 8 heteroatoms. The molecule has 0 aliphatic carbocycles. The van der Waals surface area contributed by atoms with Gasteiger partial charge < -0.3 is 9.84 Å². The zero-order valence-electron chi connectivity index (χ0n) is 17.0. The third kappa shape index (κ3) is 3.23. The normalized spacial score (nSPS) is 22.4. The summed E-state index contributed by atoms with van der Waals surface area (Å²) in [5.74, 6) is -1.24. The number of fused-ring (bicyclic) bond motifs is 1.